The van der Waals surface area contributed by atoms with Gasteiger partial charge in [-0.25, -0.2) is 0 Å². The van der Waals surface area contributed by atoms with Crippen LogP contribution in [0.4, 0.5) is 0 Å². The molecule has 112 valence electrons. The number of hydrogen-bond donors (Lipinski definition) is 0. The Morgan fingerprint density at radius 3 is 1.95 bits per heavy atom. The van der Waals surface area contributed by atoms with Crippen molar-refractivity contribution in [2.45, 2.75) is 86.5 Å². The van der Waals surface area contributed by atoms with E-state index < -0.39 is 0 Å². The second-order valence-corrected chi connectivity index (χ2v) is 4.82. The summed E-state index contributed by atoms with van der Waals surface area (Å²) in [5, 5.41) is 0. The van der Waals surface area contributed by atoms with Gasteiger partial charge in [0.15, 0.2) is 0 Å². The van der Waals surface area contributed by atoms with Crippen LogP contribution in [-0.4, -0.2) is 0 Å². The Balaban J connectivity index is 0. The Kier molecular flexibility index (Phi) is 16.5. The first-order chi connectivity index (χ1) is 9.21. The van der Waals surface area contributed by atoms with Crippen molar-refractivity contribution in [3.05, 3.63) is 35.4 Å². The molecule has 1 atom stereocenters. The van der Waals surface area contributed by atoms with Crippen molar-refractivity contribution in [3.8, 4) is 0 Å². The van der Waals surface area contributed by atoms with Gasteiger partial charge < -0.3 is 0 Å². The zero-order valence-electron chi connectivity index (χ0n) is 14.4. The molecule has 0 radical (unpaired) electrons. The lowest BCUT2D eigenvalue weighted by Crippen LogP contribution is -1.98. The van der Waals surface area contributed by atoms with Gasteiger partial charge in [0.05, 0.1) is 0 Å². The van der Waals surface area contributed by atoms with Crippen LogP contribution in [0.5, 0.6) is 0 Å². The maximum Gasteiger partial charge on any atom is -0.0190 e. The molecule has 1 aromatic rings. The Hall–Kier alpha value is -0.780. The molecular formula is C19H36. The lowest BCUT2D eigenvalue weighted by atomic mass is 9.91. The van der Waals surface area contributed by atoms with E-state index in [0.717, 1.165) is 0 Å². The van der Waals surface area contributed by atoms with E-state index in [2.05, 4.69) is 58.9 Å². The predicted molar refractivity (Wildman–Crippen MR) is 91.1 cm³/mol. The Morgan fingerprint density at radius 1 is 0.947 bits per heavy atom. The highest BCUT2D eigenvalue weighted by molar-refractivity contribution is 5.30. The number of unbranched alkanes of at least 4 members (excludes halogenated alkanes) is 1. The zero-order chi connectivity index (χ0) is 15.1. The summed E-state index contributed by atoms with van der Waals surface area (Å²) in [4.78, 5) is 0. The van der Waals surface area contributed by atoms with Crippen molar-refractivity contribution in [2.75, 3.05) is 0 Å². The quantitative estimate of drug-likeness (QED) is 0.538. The van der Waals surface area contributed by atoms with Gasteiger partial charge in [-0.05, 0) is 36.3 Å². The van der Waals surface area contributed by atoms with Gasteiger partial charge in [0.2, 0.25) is 0 Å². The lowest BCUT2D eigenvalue weighted by Gasteiger charge is -2.14. The van der Waals surface area contributed by atoms with Crippen molar-refractivity contribution >= 4 is 0 Å². The molecule has 1 unspecified atom stereocenters. The van der Waals surface area contributed by atoms with Crippen molar-refractivity contribution in [2.24, 2.45) is 0 Å². The summed E-state index contributed by atoms with van der Waals surface area (Å²) in [5.74, 6) is 0.711. The predicted octanol–water partition coefficient (Wildman–Crippen LogP) is 6.99. The summed E-state index contributed by atoms with van der Waals surface area (Å²) in [7, 11) is 0. The normalized spacial score (nSPS) is 10.7. The molecule has 0 aliphatic heterocycles. The van der Waals surface area contributed by atoms with Gasteiger partial charge in [-0.15, -0.1) is 0 Å². The van der Waals surface area contributed by atoms with E-state index in [-0.39, 0.29) is 0 Å². The van der Waals surface area contributed by atoms with E-state index in [1.807, 2.05) is 13.8 Å². The summed E-state index contributed by atoms with van der Waals surface area (Å²) < 4.78 is 0. The van der Waals surface area contributed by atoms with E-state index in [0.29, 0.717) is 5.92 Å². The highest BCUT2D eigenvalue weighted by Crippen LogP contribution is 2.23. The molecule has 0 amide bonds. The molecule has 0 saturated heterocycles. The summed E-state index contributed by atoms with van der Waals surface area (Å²) >= 11 is 0. The molecule has 0 aromatic heterocycles. The van der Waals surface area contributed by atoms with Gasteiger partial charge in [0.25, 0.3) is 0 Å². The van der Waals surface area contributed by atoms with Gasteiger partial charge in [-0.3, -0.25) is 0 Å². The van der Waals surface area contributed by atoms with Crippen molar-refractivity contribution in [1.29, 1.82) is 0 Å². The van der Waals surface area contributed by atoms with Crippen LogP contribution in [0.1, 0.15) is 91.2 Å². The molecule has 0 N–H and O–H groups in total. The fourth-order valence-electron chi connectivity index (χ4n) is 1.83. The monoisotopic (exact) mass is 264 g/mol. The van der Waals surface area contributed by atoms with Crippen LogP contribution >= 0.6 is 0 Å². The largest absolute Gasteiger partial charge is 0.0683 e. The van der Waals surface area contributed by atoms with E-state index in [1.165, 1.54) is 32.1 Å². The van der Waals surface area contributed by atoms with Crippen LogP contribution < -0.4 is 0 Å². The summed E-state index contributed by atoms with van der Waals surface area (Å²) in [6.45, 7) is 15.1. The zero-order valence-corrected chi connectivity index (χ0v) is 14.4. The first-order valence-corrected chi connectivity index (χ1v) is 8.28. The summed E-state index contributed by atoms with van der Waals surface area (Å²) in [6, 6.07) is 8.91. The van der Waals surface area contributed by atoms with Crippen LogP contribution in [0.25, 0.3) is 0 Å². The van der Waals surface area contributed by atoms with Gasteiger partial charge in [0.1, 0.15) is 0 Å². The average molecular weight is 264 g/mol. The Morgan fingerprint density at radius 2 is 1.47 bits per heavy atom. The molecule has 19 heavy (non-hydrogen) atoms. The molecule has 0 bridgehead atoms. The first-order valence-electron chi connectivity index (χ1n) is 8.28. The molecule has 0 aliphatic carbocycles. The van der Waals surface area contributed by atoms with Crippen molar-refractivity contribution < 1.29 is 0 Å². The molecule has 0 nitrogen and oxygen atoms in total. The smallest absolute Gasteiger partial charge is 0.0190 e. The molecule has 0 heterocycles. The molecular weight excluding hydrogens is 228 g/mol. The van der Waals surface area contributed by atoms with Gasteiger partial charge in [-0.2, -0.15) is 0 Å². The van der Waals surface area contributed by atoms with Crippen LogP contribution in [0, 0.1) is 0 Å². The van der Waals surface area contributed by atoms with Gasteiger partial charge in [-0.1, -0.05) is 85.6 Å². The fourth-order valence-corrected chi connectivity index (χ4v) is 1.83. The highest BCUT2D eigenvalue weighted by atomic mass is 14.1. The lowest BCUT2D eigenvalue weighted by molar-refractivity contribution is 0.708. The number of benzene rings is 1. The van der Waals surface area contributed by atoms with Crippen LogP contribution in [0.2, 0.25) is 0 Å². The summed E-state index contributed by atoms with van der Waals surface area (Å²) in [6.07, 6.45) is 6.34. The number of hydrogen-bond acceptors (Lipinski definition) is 0. The first kappa shape index (κ1) is 20.5. The Bertz CT molecular complexity index is 275. The molecule has 1 aromatic carbocycles. The average Bonchev–Trinajstić information content (AvgIpc) is 2.47. The second-order valence-electron chi connectivity index (χ2n) is 4.82. The molecule has 0 aliphatic rings. The highest BCUT2D eigenvalue weighted by Gasteiger charge is 2.07. The molecule has 0 spiro atoms. The molecule has 0 fully saturated rings. The van der Waals surface area contributed by atoms with Crippen LogP contribution in [0.15, 0.2) is 24.3 Å². The topological polar surface area (TPSA) is 0 Å². The third kappa shape index (κ3) is 9.76. The van der Waals surface area contributed by atoms with Gasteiger partial charge >= 0.3 is 0 Å². The number of aryl methyl sites for hydroxylation is 1. The van der Waals surface area contributed by atoms with E-state index in [4.69, 9.17) is 0 Å². The van der Waals surface area contributed by atoms with E-state index >= 15 is 0 Å². The minimum absolute atomic E-state index is 0.711. The van der Waals surface area contributed by atoms with Crippen molar-refractivity contribution in [1.82, 2.24) is 0 Å². The molecule has 1 rings (SSSR count). The standard InChI is InChI=1S/C14H22.C3H8.C2H6/c1-4-6-9-13-10-7-8-11-14(13)12(3)5-2;1-3-2;1-2/h7-8,10-12H,4-6,9H2,1-3H3;3H2,1-2H3;1-2H3. The second kappa shape index (κ2) is 15.3. The third-order valence-corrected chi connectivity index (χ3v) is 3.00. The van der Waals surface area contributed by atoms with Gasteiger partial charge in [0, 0.05) is 0 Å². The molecule has 0 heteroatoms. The maximum atomic E-state index is 2.32. The third-order valence-electron chi connectivity index (χ3n) is 3.00. The van der Waals surface area contributed by atoms with E-state index in [9.17, 15) is 0 Å². The SMILES string of the molecule is CC.CCC.CCCCc1ccccc1C(C)CC. The Labute approximate surface area is 122 Å². The van der Waals surface area contributed by atoms with Crippen molar-refractivity contribution in [3.63, 3.8) is 0 Å². The summed E-state index contributed by atoms with van der Waals surface area (Å²) in [5.41, 5.74) is 3.12. The van der Waals surface area contributed by atoms with E-state index in [1.54, 1.807) is 11.1 Å². The number of rotatable bonds is 5. The minimum Gasteiger partial charge on any atom is -0.0683 e. The minimum atomic E-state index is 0.711. The molecule has 0 saturated carbocycles. The fraction of sp³-hybridized carbons (Fsp3) is 0.684. The van der Waals surface area contributed by atoms with Crippen LogP contribution in [-0.2, 0) is 6.42 Å². The maximum absolute atomic E-state index is 2.32. The van der Waals surface area contributed by atoms with Crippen LogP contribution in [0.3, 0.4) is 0 Å².